The Hall–Kier alpha value is -2.21. The molecule has 0 bridgehead atoms. The average molecular weight is 365 g/mol. The van der Waals surface area contributed by atoms with Crippen LogP contribution in [0.2, 0.25) is 0 Å². The van der Waals surface area contributed by atoms with E-state index in [9.17, 15) is 4.79 Å². The number of anilines is 1. The van der Waals surface area contributed by atoms with Crippen LogP contribution in [0.25, 0.3) is 0 Å². The first-order valence-electron chi connectivity index (χ1n) is 6.63. The second-order valence-corrected chi connectivity index (χ2v) is 5.36. The van der Waals surface area contributed by atoms with E-state index in [1.807, 2.05) is 24.3 Å². The molecule has 2 aromatic rings. The van der Waals surface area contributed by atoms with Crippen molar-refractivity contribution in [2.24, 2.45) is 0 Å². The topological polar surface area (TPSA) is 59.6 Å². The lowest BCUT2D eigenvalue weighted by Gasteiger charge is -2.10. The summed E-state index contributed by atoms with van der Waals surface area (Å²) in [6.07, 6.45) is 0. The Bertz CT molecular complexity index is 644. The van der Waals surface area contributed by atoms with E-state index < -0.39 is 0 Å². The van der Waals surface area contributed by atoms with Crippen LogP contribution in [0.1, 0.15) is 5.56 Å². The molecule has 0 radical (unpaired) electrons. The maximum absolute atomic E-state index is 11.9. The normalized spacial score (nSPS) is 9.95. The molecule has 0 saturated carbocycles. The second kappa shape index (κ2) is 7.70. The average Bonchev–Trinajstić information content (AvgIpc) is 2.53. The number of ether oxygens (including phenoxy) is 2. The SMILES string of the molecule is COc1ccc(CNC(=O)Nc2ccc(OC)c(Br)c2)cc1. The Morgan fingerprint density at radius 3 is 2.41 bits per heavy atom. The van der Waals surface area contributed by atoms with E-state index in [1.165, 1.54) is 0 Å². The molecule has 2 aromatic carbocycles. The molecule has 0 aromatic heterocycles. The number of rotatable bonds is 5. The van der Waals surface area contributed by atoms with Crippen molar-refractivity contribution in [3.05, 3.63) is 52.5 Å². The number of nitrogens with one attached hydrogen (secondary N) is 2. The second-order valence-electron chi connectivity index (χ2n) is 4.51. The van der Waals surface area contributed by atoms with Gasteiger partial charge < -0.3 is 20.1 Å². The molecule has 6 heteroatoms. The lowest BCUT2D eigenvalue weighted by atomic mass is 10.2. The van der Waals surface area contributed by atoms with E-state index in [2.05, 4.69) is 26.6 Å². The molecule has 2 rings (SSSR count). The first-order chi connectivity index (χ1) is 10.6. The summed E-state index contributed by atoms with van der Waals surface area (Å²) in [5, 5.41) is 5.56. The number of amides is 2. The third-order valence-corrected chi connectivity index (χ3v) is 3.64. The predicted molar refractivity (Wildman–Crippen MR) is 89.5 cm³/mol. The summed E-state index contributed by atoms with van der Waals surface area (Å²) in [7, 11) is 3.21. The predicted octanol–water partition coefficient (Wildman–Crippen LogP) is 3.79. The Labute approximate surface area is 137 Å². The number of carbonyl (C=O) groups excluding carboxylic acids is 1. The van der Waals surface area contributed by atoms with Crippen molar-refractivity contribution in [2.45, 2.75) is 6.54 Å². The van der Waals surface area contributed by atoms with Crippen molar-refractivity contribution in [2.75, 3.05) is 19.5 Å². The maximum Gasteiger partial charge on any atom is 0.319 e. The molecule has 0 fully saturated rings. The lowest BCUT2D eigenvalue weighted by Crippen LogP contribution is -2.28. The van der Waals surface area contributed by atoms with Gasteiger partial charge >= 0.3 is 6.03 Å². The summed E-state index contributed by atoms with van der Waals surface area (Å²) in [6.45, 7) is 0.438. The number of methoxy groups -OCH3 is 2. The zero-order chi connectivity index (χ0) is 15.9. The molecular formula is C16H17BrN2O3. The first kappa shape index (κ1) is 16.2. The van der Waals surface area contributed by atoms with Gasteiger partial charge in [-0.2, -0.15) is 0 Å². The molecule has 2 N–H and O–H groups in total. The summed E-state index contributed by atoms with van der Waals surface area (Å²) in [4.78, 5) is 11.9. The zero-order valence-corrected chi connectivity index (χ0v) is 13.9. The van der Waals surface area contributed by atoms with Gasteiger partial charge in [-0.3, -0.25) is 0 Å². The summed E-state index contributed by atoms with van der Waals surface area (Å²) in [5.74, 6) is 1.50. The maximum atomic E-state index is 11.9. The molecule has 116 valence electrons. The first-order valence-corrected chi connectivity index (χ1v) is 7.43. The van der Waals surface area contributed by atoms with Crippen LogP contribution in [0.3, 0.4) is 0 Å². The van der Waals surface area contributed by atoms with Crippen molar-refractivity contribution in [3.8, 4) is 11.5 Å². The molecule has 0 saturated heterocycles. The lowest BCUT2D eigenvalue weighted by molar-refractivity contribution is 0.251. The minimum Gasteiger partial charge on any atom is -0.497 e. The molecule has 0 unspecified atom stereocenters. The molecular weight excluding hydrogens is 348 g/mol. The van der Waals surface area contributed by atoms with Gasteiger partial charge in [-0.25, -0.2) is 4.79 Å². The molecule has 2 amide bonds. The van der Waals surface area contributed by atoms with Gasteiger partial charge in [0.2, 0.25) is 0 Å². The van der Waals surface area contributed by atoms with E-state index in [1.54, 1.807) is 32.4 Å². The summed E-state index contributed by atoms with van der Waals surface area (Å²) >= 11 is 3.38. The molecule has 5 nitrogen and oxygen atoms in total. The van der Waals surface area contributed by atoms with Crippen LogP contribution >= 0.6 is 15.9 Å². The Balaban J connectivity index is 1.88. The molecule has 0 aliphatic carbocycles. The third kappa shape index (κ3) is 4.39. The highest BCUT2D eigenvalue weighted by Crippen LogP contribution is 2.27. The van der Waals surface area contributed by atoms with Gasteiger partial charge in [0, 0.05) is 12.2 Å². The highest BCUT2D eigenvalue weighted by Gasteiger charge is 2.05. The minimum atomic E-state index is -0.270. The third-order valence-electron chi connectivity index (χ3n) is 3.02. The van der Waals surface area contributed by atoms with Gasteiger partial charge in [-0.1, -0.05) is 12.1 Å². The molecule has 0 heterocycles. The fraction of sp³-hybridized carbons (Fsp3) is 0.188. The van der Waals surface area contributed by atoms with E-state index in [0.29, 0.717) is 18.0 Å². The number of halogens is 1. The van der Waals surface area contributed by atoms with Gasteiger partial charge in [0.05, 0.1) is 18.7 Å². The number of benzene rings is 2. The van der Waals surface area contributed by atoms with E-state index in [-0.39, 0.29) is 6.03 Å². The largest absolute Gasteiger partial charge is 0.497 e. The number of urea groups is 1. The number of hydrogen-bond acceptors (Lipinski definition) is 3. The Morgan fingerprint density at radius 2 is 1.82 bits per heavy atom. The van der Waals surface area contributed by atoms with Crippen molar-refractivity contribution < 1.29 is 14.3 Å². The van der Waals surface area contributed by atoms with Gasteiger partial charge in [0.1, 0.15) is 11.5 Å². The van der Waals surface area contributed by atoms with E-state index >= 15 is 0 Å². The minimum absolute atomic E-state index is 0.270. The van der Waals surface area contributed by atoms with Crippen LogP contribution in [0.4, 0.5) is 10.5 Å². The van der Waals surface area contributed by atoms with E-state index in [0.717, 1.165) is 15.8 Å². The van der Waals surface area contributed by atoms with Crippen molar-refractivity contribution in [1.82, 2.24) is 5.32 Å². The smallest absolute Gasteiger partial charge is 0.319 e. The number of hydrogen-bond donors (Lipinski definition) is 2. The Kier molecular flexibility index (Phi) is 5.66. The van der Waals surface area contributed by atoms with Gasteiger partial charge in [-0.15, -0.1) is 0 Å². The van der Waals surface area contributed by atoms with Crippen LogP contribution in [0.15, 0.2) is 46.9 Å². The molecule has 0 spiro atoms. The van der Waals surface area contributed by atoms with E-state index in [4.69, 9.17) is 9.47 Å². The van der Waals surface area contributed by atoms with Crippen LogP contribution in [0.5, 0.6) is 11.5 Å². The molecule has 22 heavy (non-hydrogen) atoms. The quantitative estimate of drug-likeness (QED) is 0.848. The molecule has 0 aliphatic heterocycles. The van der Waals surface area contributed by atoms with Crippen LogP contribution < -0.4 is 20.1 Å². The highest BCUT2D eigenvalue weighted by molar-refractivity contribution is 9.10. The van der Waals surface area contributed by atoms with Gasteiger partial charge in [-0.05, 0) is 51.8 Å². The number of carbonyl (C=O) groups is 1. The van der Waals surface area contributed by atoms with Crippen LogP contribution in [-0.2, 0) is 6.54 Å². The van der Waals surface area contributed by atoms with Crippen LogP contribution in [0, 0.1) is 0 Å². The monoisotopic (exact) mass is 364 g/mol. The molecule has 0 atom stereocenters. The fourth-order valence-electron chi connectivity index (χ4n) is 1.85. The Morgan fingerprint density at radius 1 is 1.09 bits per heavy atom. The standard InChI is InChI=1S/C16H17BrN2O3/c1-21-13-6-3-11(4-7-13)10-18-16(20)19-12-5-8-15(22-2)14(17)9-12/h3-9H,10H2,1-2H3,(H2,18,19,20). The van der Waals surface area contributed by atoms with Crippen molar-refractivity contribution in [3.63, 3.8) is 0 Å². The van der Waals surface area contributed by atoms with Crippen LogP contribution in [-0.4, -0.2) is 20.3 Å². The van der Waals surface area contributed by atoms with Crippen molar-refractivity contribution in [1.29, 1.82) is 0 Å². The summed E-state index contributed by atoms with van der Waals surface area (Å²) < 4.78 is 11.0. The van der Waals surface area contributed by atoms with Crippen molar-refractivity contribution >= 4 is 27.6 Å². The van der Waals surface area contributed by atoms with Gasteiger partial charge in [0.25, 0.3) is 0 Å². The highest BCUT2D eigenvalue weighted by atomic mass is 79.9. The molecule has 0 aliphatic rings. The van der Waals surface area contributed by atoms with Gasteiger partial charge in [0.15, 0.2) is 0 Å². The summed E-state index contributed by atoms with van der Waals surface area (Å²) in [5.41, 5.74) is 1.67. The fourth-order valence-corrected chi connectivity index (χ4v) is 2.39. The summed E-state index contributed by atoms with van der Waals surface area (Å²) in [6, 6.07) is 12.6. The zero-order valence-electron chi connectivity index (χ0n) is 12.4.